The second-order valence-electron chi connectivity index (χ2n) is 6.81. The molecule has 1 aliphatic carbocycles. The topological polar surface area (TPSA) is 64.3 Å². The summed E-state index contributed by atoms with van der Waals surface area (Å²) in [5, 5.41) is 2.97. The first-order chi connectivity index (χ1) is 8.80. The Bertz CT molecular complexity index is 286. The molecule has 3 unspecified atom stereocenters. The number of carbonyl (C=O) groups excluding carboxylic acids is 1. The summed E-state index contributed by atoms with van der Waals surface area (Å²) >= 11 is 0. The van der Waals surface area contributed by atoms with Crippen LogP contribution < -0.4 is 11.1 Å². The minimum Gasteiger partial charge on any atom is -0.444 e. The van der Waals surface area contributed by atoms with Gasteiger partial charge < -0.3 is 15.8 Å². The predicted octanol–water partition coefficient (Wildman–Crippen LogP) is 3.20. The van der Waals surface area contributed by atoms with Crippen LogP contribution in [-0.2, 0) is 4.74 Å². The third kappa shape index (κ3) is 6.81. The number of hydrogen-bond acceptors (Lipinski definition) is 3. The summed E-state index contributed by atoms with van der Waals surface area (Å²) in [5.41, 5.74) is 5.71. The van der Waals surface area contributed by atoms with Gasteiger partial charge in [0.05, 0.1) is 0 Å². The fourth-order valence-corrected chi connectivity index (χ4v) is 2.84. The van der Waals surface area contributed by atoms with Crippen molar-refractivity contribution in [2.24, 2.45) is 11.7 Å². The van der Waals surface area contributed by atoms with Gasteiger partial charge in [-0.05, 0) is 52.4 Å². The normalized spacial score (nSPS) is 28.6. The number of ether oxygens (including phenoxy) is 1. The molecule has 0 saturated heterocycles. The molecule has 1 amide bonds. The van der Waals surface area contributed by atoms with Crippen molar-refractivity contribution in [3.63, 3.8) is 0 Å². The van der Waals surface area contributed by atoms with Gasteiger partial charge in [-0.2, -0.15) is 0 Å². The van der Waals surface area contributed by atoms with E-state index in [1.165, 1.54) is 12.8 Å². The number of hydrogen-bond donors (Lipinski definition) is 2. The Morgan fingerprint density at radius 2 is 2.00 bits per heavy atom. The first kappa shape index (κ1) is 16.3. The fraction of sp³-hybridized carbons (Fsp3) is 0.933. The highest BCUT2D eigenvalue weighted by Gasteiger charge is 2.26. The molecule has 0 spiro atoms. The largest absolute Gasteiger partial charge is 0.444 e. The maximum atomic E-state index is 11.8. The van der Waals surface area contributed by atoms with E-state index < -0.39 is 5.60 Å². The van der Waals surface area contributed by atoms with E-state index in [2.05, 4.69) is 12.2 Å². The Hall–Kier alpha value is -0.770. The second-order valence-corrected chi connectivity index (χ2v) is 6.81. The molecule has 0 radical (unpaired) electrons. The maximum Gasteiger partial charge on any atom is 0.407 e. The molecular weight excluding hydrogens is 240 g/mol. The van der Waals surface area contributed by atoms with Gasteiger partial charge in [-0.3, -0.25) is 0 Å². The lowest BCUT2D eigenvalue weighted by atomic mass is 9.94. The van der Waals surface area contributed by atoms with E-state index in [4.69, 9.17) is 10.5 Å². The average Bonchev–Trinajstić information content (AvgIpc) is 2.38. The van der Waals surface area contributed by atoms with Gasteiger partial charge in [-0.25, -0.2) is 4.79 Å². The summed E-state index contributed by atoms with van der Waals surface area (Å²) in [7, 11) is 0. The Kier molecular flexibility index (Phi) is 6.11. The number of amides is 1. The highest BCUT2D eigenvalue weighted by molar-refractivity contribution is 5.68. The molecule has 3 atom stereocenters. The van der Waals surface area contributed by atoms with E-state index in [0.717, 1.165) is 25.7 Å². The maximum absolute atomic E-state index is 11.8. The van der Waals surface area contributed by atoms with E-state index in [0.29, 0.717) is 5.92 Å². The summed E-state index contributed by atoms with van der Waals surface area (Å²) in [6.45, 7) is 7.85. The highest BCUT2D eigenvalue weighted by Crippen LogP contribution is 2.26. The van der Waals surface area contributed by atoms with Crippen LogP contribution >= 0.6 is 0 Å². The van der Waals surface area contributed by atoms with E-state index >= 15 is 0 Å². The number of carbonyl (C=O) groups is 1. The third-order valence-corrected chi connectivity index (χ3v) is 3.56. The molecule has 1 aliphatic rings. The number of nitrogens with two attached hydrogens (primary N) is 1. The van der Waals surface area contributed by atoms with Crippen LogP contribution in [0, 0.1) is 5.92 Å². The molecule has 0 aromatic heterocycles. The van der Waals surface area contributed by atoms with Crippen molar-refractivity contribution in [3.05, 3.63) is 0 Å². The minimum atomic E-state index is -0.443. The van der Waals surface area contributed by atoms with Crippen LogP contribution in [0.2, 0.25) is 0 Å². The fourth-order valence-electron chi connectivity index (χ4n) is 2.84. The predicted molar refractivity (Wildman–Crippen MR) is 78.0 cm³/mol. The molecule has 1 rings (SSSR count). The number of nitrogens with one attached hydrogen (secondary N) is 1. The summed E-state index contributed by atoms with van der Waals surface area (Å²) in [6.07, 6.45) is 6.24. The van der Waals surface area contributed by atoms with Crippen molar-refractivity contribution in [2.45, 2.75) is 83.9 Å². The van der Waals surface area contributed by atoms with Gasteiger partial charge in [0.1, 0.15) is 5.60 Å². The first-order valence-electron chi connectivity index (χ1n) is 7.55. The molecule has 112 valence electrons. The summed E-state index contributed by atoms with van der Waals surface area (Å²) < 4.78 is 5.30. The Balaban J connectivity index is 2.44. The van der Waals surface area contributed by atoms with Gasteiger partial charge in [0.2, 0.25) is 0 Å². The van der Waals surface area contributed by atoms with E-state index in [1.807, 2.05) is 20.8 Å². The molecular formula is C15H30N2O2. The average molecular weight is 270 g/mol. The molecule has 1 fully saturated rings. The van der Waals surface area contributed by atoms with Gasteiger partial charge in [0.25, 0.3) is 0 Å². The van der Waals surface area contributed by atoms with Crippen molar-refractivity contribution in [1.29, 1.82) is 0 Å². The molecule has 0 aromatic rings. The minimum absolute atomic E-state index is 0.159. The molecule has 0 aliphatic heterocycles. The van der Waals surface area contributed by atoms with Crippen molar-refractivity contribution in [2.75, 3.05) is 0 Å². The first-order valence-corrected chi connectivity index (χ1v) is 7.55. The molecule has 3 N–H and O–H groups in total. The monoisotopic (exact) mass is 270 g/mol. The van der Waals surface area contributed by atoms with Crippen molar-refractivity contribution in [3.8, 4) is 0 Å². The van der Waals surface area contributed by atoms with Crippen molar-refractivity contribution < 1.29 is 9.53 Å². The second kappa shape index (κ2) is 7.13. The molecule has 19 heavy (non-hydrogen) atoms. The lowest BCUT2D eigenvalue weighted by Crippen LogP contribution is -2.41. The summed E-state index contributed by atoms with van der Waals surface area (Å²) in [4.78, 5) is 11.8. The zero-order chi connectivity index (χ0) is 14.5. The van der Waals surface area contributed by atoms with Crippen molar-refractivity contribution in [1.82, 2.24) is 5.32 Å². The smallest absolute Gasteiger partial charge is 0.407 e. The van der Waals surface area contributed by atoms with Crippen LogP contribution in [0.15, 0.2) is 0 Å². The zero-order valence-corrected chi connectivity index (χ0v) is 12.9. The van der Waals surface area contributed by atoms with Crippen LogP contribution in [0.4, 0.5) is 4.79 Å². The van der Waals surface area contributed by atoms with Crippen LogP contribution in [0.1, 0.15) is 66.2 Å². The van der Waals surface area contributed by atoms with Crippen LogP contribution in [0.25, 0.3) is 0 Å². The SMILES string of the molecule is CCCC1CCC(NC(=O)OC(C)(C)C)CC(N)C1. The standard InChI is InChI=1S/C15H30N2O2/c1-5-6-11-7-8-13(10-12(16)9-11)17-14(18)19-15(2,3)4/h11-13H,5-10,16H2,1-4H3,(H,17,18). The van der Waals surface area contributed by atoms with Gasteiger partial charge >= 0.3 is 6.09 Å². The van der Waals surface area contributed by atoms with Gasteiger partial charge in [-0.15, -0.1) is 0 Å². The zero-order valence-electron chi connectivity index (χ0n) is 12.9. The molecule has 0 heterocycles. The highest BCUT2D eigenvalue weighted by atomic mass is 16.6. The summed E-state index contributed by atoms with van der Waals surface area (Å²) in [5.74, 6) is 0.713. The van der Waals surface area contributed by atoms with Gasteiger partial charge in [0, 0.05) is 12.1 Å². The van der Waals surface area contributed by atoms with Crippen LogP contribution in [-0.4, -0.2) is 23.8 Å². The number of rotatable bonds is 3. The molecule has 4 heteroatoms. The Morgan fingerprint density at radius 1 is 1.32 bits per heavy atom. The van der Waals surface area contributed by atoms with E-state index in [1.54, 1.807) is 0 Å². The van der Waals surface area contributed by atoms with E-state index in [9.17, 15) is 4.79 Å². The van der Waals surface area contributed by atoms with Crippen molar-refractivity contribution >= 4 is 6.09 Å². The lowest BCUT2D eigenvalue weighted by molar-refractivity contribution is 0.0498. The number of alkyl carbamates (subject to hydrolysis) is 1. The van der Waals surface area contributed by atoms with Crippen LogP contribution in [0.3, 0.4) is 0 Å². The molecule has 0 bridgehead atoms. The molecule has 1 saturated carbocycles. The lowest BCUT2D eigenvalue weighted by Gasteiger charge is -2.23. The molecule has 4 nitrogen and oxygen atoms in total. The van der Waals surface area contributed by atoms with E-state index in [-0.39, 0.29) is 18.2 Å². The Morgan fingerprint density at radius 3 is 2.58 bits per heavy atom. The van der Waals surface area contributed by atoms with Gasteiger partial charge in [-0.1, -0.05) is 19.8 Å². The third-order valence-electron chi connectivity index (χ3n) is 3.56. The quantitative estimate of drug-likeness (QED) is 0.774. The Labute approximate surface area is 117 Å². The summed E-state index contributed by atoms with van der Waals surface area (Å²) in [6, 6.07) is 0.352. The van der Waals surface area contributed by atoms with Crippen LogP contribution in [0.5, 0.6) is 0 Å². The van der Waals surface area contributed by atoms with Gasteiger partial charge in [0.15, 0.2) is 0 Å². The molecule has 0 aromatic carbocycles.